The van der Waals surface area contributed by atoms with E-state index in [9.17, 15) is 9.59 Å². The second-order valence-corrected chi connectivity index (χ2v) is 5.49. The van der Waals surface area contributed by atoms with Gasteiger partial charge in [-0.25, -0.2) is 0 Å². The summed E-state index contributed by atoms with van der Waals surface area (Å²) in [5.74, 6) is -1.18. The summed E-state index contributed by atoms with van der Waals surface area (Å²) in [4.78, 5) is 27.6. The van der Waals surface area contributed by atoms with Crippen molar-refractivity contribution in [2.24, 2.45) is 0 Å². The molecule has 1 aromatic rings. The lowest BCUT2D eigenvalue weighted by molar-refractivity contribution is -0.144. The number of halogens is 2. The molecule has 1 saturated heterocycles. The number of benzene rings is 1. The van der Waals surface area contributed by atoms with Crippen LogP contribution in [0.3, 0.4) is 0 Å². The Hall–Kier alpha value is -1.30. The molecule has 108 valence electrons. The fraction of sp³-hybridized carbons (Fsp3) is 0.385. The molecule has 0 unspecified atom stereocenters. The summed E-state index contributed by atoms with van der Waals surface area (Å²) in [5.41, 5.74) is 0.451. The van der Waals surface area contributed by atoms with Crippen molar-refractivity contribution in [2.45, 2.75) is 0 Å². The van der Waals surface area contributed by atoms with Crippen molar-refractivity contribution in [1.82, 2.24) is 9.80 Å². The zero-order chi connectivity index (χ0) is 14.7. The fourth-order valence-electron chi connectivity index (χ4n) is 1.91. The highest BCUT2D eigenvalue weighted by molar-refractivity contribution is 6.42. The van der Waals surface area contributed by atoms with Crippen molar-refractivity contribution in [1.29, 1.82) is 0 Å². The van der Waals surface area contributed by atoms with Crippen LogP contribution in [0.2, 0.25) is 10.0 Å². The number of anilines is 1. The number of likely N-dealkylation sites (N-methyl/N-ethyl adjacent to an activating group) is 1. The molecule has 1 fully saturated rings. The molecule has 1 aromatic carbocycles. The van der Waals surface area contributed by atoms with Gasteiger partial charge >= 0.3 is 11.8 Å². The molecule has 0 bridgehead atoms. The van der Waals surface area contributed by atoms with E-state index in [4.69, 9.17) is 23.2 Å². The number of carbonyl (C=O) groups excluding carboxylic acids is 2. The number of carbonyl (C=O) groups is 2. The van der Waals surface area contributed by atoms with Gasteiger partial charge in [0.1, 0.15) is 0 Å². The maximum atomic E-state index is 12.0. The molecule has 0 aromatic heterocycles. The van der Waals surface area contributed by atoms with E-state index in [2.05, 4.69) is 10.2 Å². The first kappa shape index (κ1) is 15.1. The monoisotopic (exact) mass is 315 g/mol. The van der Waals surface area contributed by atoms with Crippen molar-refractivity contribution in [3.8, 4) is 0 Å². The van der Waals surface area contributed by atoms with Crippen LogP contribution in [0.1, 0.15) is 0 Å². The minimum Gasteiger partial charge on any atom is -0.332 e. The van der Waals surface area contributed by atoms with Gasteiger partial charge in [-0.2, -0.15) is 0 Å². The molecule has 20 heavy (non-hydrogen) atoms. The number of piperazine rings is 1. The lowest BCUT2D eigenvalue weighted by Crippen LogP contribution is -2.50. The third-order valence-electron chi connectivity index (χ3n) is 3.16. The molecule has 0 spiro atoms. The largest absolute Gasteiger partial charge is 0.332 e. The first-order chi connectivity index (χ1) is 9.47. The van der Waals surface area contributed by atoms with Gasteiger partial charge in [0.05, 0.1) is 10.0 Å². The number of hydrogen-bond donors (Lipinski definition) is 1. The summed E-state index contributed by atoms with van der Waals surface area (Å²) in [6, 6.07) is 4.68. The standard InChI is InChI=1S/C13H15Cl2N3O2/c1-17-4-6-18(7-5-17)13(20)12(19)16-9-2-3-10(14)11(15)8-9/h2-3,8H,4-7H2,1H3,(H,16,19). The first-order valence-corrected chi connectivity index (χ1v) is 6.97. The van der Waals surface area contributed by atoms with Crippen LogP contribution in [-0.2, 0) is 9.59 Å². The Bertz CT molecular complexity index is 528. The maximum Gasteiger partial charge on any atom is 0.313 e. The smallest absolute Gasteiger partial charge is 0.313 e. The van der Waals surface area contributed by atoms with Crippen LogP contribution in [0.4, 0.5) is 5.69 Å². The van der Waals surface area contributed by atoms with Crippen LogP contribution < -0.4 is 5.32 Å². The quantitative estimate of drug-likeness (QED) is 0.803. The maximum absolute atomic E-state index is 12.0. The molecule has 1 aliphatic heterocycles. The molecule has 0 aliphatic carbocycles. The van der Waals surface area contributed by atoms with Crippen LogP contribution >= 0.6 is 23.2 Å². The molecule has 7 heteroatoms. The van der Waals surface area contributed by atoms with Gasteiger partial charge in [0.15, 0.2) is 0 Å². The van der Waals surface area contributed by atoms with Gasteiger partial charge in [0.2, 0.25) is 0 Å². The van der Waals surface area contributed by atoms with Gasteiger partial charge in [-0.05, 0) is 25.2 Å². The topological polar surface area (TPSA) is 52.7 Å². The van der Waals surface area contributed by atoms with Crippen LogP contribution in [0.15, 0.2) is 18.2 Å². The number of amides is 2. The normalized spacial score (nSPS) is 16.1. The Morgan fingerprint density at radius 2 is 1.75 bits per heavy atom. The lowest BCUT2D eigenvalue weighted by Gasteiger charge is -2.31. The summed E-state index contributed by atoms with van der Waals surface area (Å²) in [6.07, 6.45) is 0. The fourth-order valence-corrected chi connectivity index (χ4v) is 2.21. The highest BCUT2D eigenvalue weighted by Crippen LogP contribution is 2.24. The molecular weight excluding hydrogens is 301 g/mol. The average molecular weight is 316 g/mol. The van der Waals surface area contributed by atoms with Crippen LogP contribution in [-0.4, -0.2) is 54.8 Å². The lowest BCUT2D eigenvalue weighted by atomic mass is 10.3. The highest BCUT2D eigenvalue weighted by atomic mass is 35.5. The number of rotatable bonds is 1. The minimum atomic E-state index is -0.659. The first-order valence-electron chi connectivity index (χ1n) is 6.21. The summed E-state index contributed by atoms with van der Waals surface area (Å²) in [5, 5.41) is 3.26. The molecule has 0 saturated carbocycles. The highest BCUT2D eigenvalue weighted by Gasteiger charge is 2.24. The molecule has 1 heterocycles. The number of hydrogen-bond acceptors (Lipinski definition) is 3. The molecule has 0 atom stereocenters. The molecule has 5 nitrogen and oxygen atoms in total. The number of nitrogens with zero attached hydrogens (tertiary/aromatic N) is 2. The molecule has 0 radical (unpaired) electrons. The third kappa shape index (κ3) is 3.62. The minimum absolute atomic E-state index is 0.330. The Morgan fingerprint density at radius 3 is 2.35 bits per heavy atom. The summed E-state index contributed by atoms with van der Waals surface area (Å²) >= 11 is 11.6. The average Bonchev–Trinajstić information content (AvgIpc) is 2.43. The molecule has 2 amide bonds. The Balaban J connectivity index is 1.97. The Morgan fingerprint density at radius 1 is 1.10 bits per heavy atom. The van der Waals surface area contributed by atoms with E-state index in [1.165, 1.54) is 6.07 Å². The second-order valence-electron chi connectivity index (χ2n) is 4.68. The van der Waals surface area contributed by atoms with Crippen molar-refractivity contribution in [3.05, 3.63) is 28.2 Å². The van der Waals surface area contributed by atoms with Crippen LogP contribution in [0.5, 0.6) is 0 Å². The van der Waals surface area contributed by atoms with E-state index >= 15 is 0 Å². The summed E-state index contributed by atoms with van der Waals surface area (Å²) in [6.45, 7) is 2.66. The van der Waals surface area contributed by atoms with E-state index < -0.39 is 11.8 Å². The van der Waals surface area contributed by atoms with E-state index in [1.54, 1.807) is 17.0 Å². The Labute approximate surface area is 127 Å². The number of nitrogens with one attached hydrogen (secondary N) is 1. The van der Waals surface area contributed by atoms with Crippen LogP contribution in [0, 0.1) is 0 Å². The summed E-state index contributed by atoms with van der Waals surface area (Å²) in [7, 11) is 1.98. The third-order valence-corrected chi connectivity index (χ3v) is 3.90. The van der Waals surface area contributed by atoms with Crippen molar-refractivity contribution < 1.29 is 9.59 Å². The predicted molar refractivity (Wildman–Crippen MR) is 79.2 cm³/mol. The zero-order valence-electron chi connectivity index (χ0n) is 11.0. The van der Waals surface area contributed by atoms with Crippen LogP contribution in [0.25, 0.3) is 0 Å². The van der Waals surface area contributed by atoms with Crippen molar-refractivity contribution >= 4 is 40.7 Å². The van der Waals surface area contributed by atoms with E-state index in [-0.39, 0.29) is 0 Å². The van der Waals surface area contributed by atoms with Gasteiger partial charge < -0.3 is 15.1 Å². The zero-order valence-corrected chi connectivity index (χ0v) is 12.5. The van der Waals surface area contributed by atoms with Gasteiger partial charge in [-0.1, -0.05) is 23.2 Å². The molecular formula is C13H15Cl2N3O2. The predicted octanol–water partition coefficient (Wildman–Crippen LogP) is 1.71. The second kappa shape index (κ2) is 6.43. The molecule has 1 N–H and O–H groups in total. The molecule has 1 aliphatic rings. The SMILES string of the molecule is CN1CCN(C(=O)C(=O)Nc2ccc(Cl)c(Cl)c2)CC1. The van der Waals surface area contributed by atoms with E-state index in [0.29, 0.717) is 28.8 Å². The van der Waals surface area contributed by atoms with Crippen molar-refractivity contribution in [3.63, 3.8) is 0 Å². The van der Waals surface area contributed by atoms with Gasteiger partial charge in [-0.15, -0.1) is 0 Å². The summed E-state index contributed by atoms with van der Waals surface area (Å²) < 4.78 is 0. The van der Waals surface area contributed by atoms with Gasteiger partial charge in [0, 0.05) is 31.9 Å². The molecule has 2 rings (SSSR count). The van der Waals surface area contributed by atoms with Gasteiger partial charge in [0.25, 0.3) is 0 Å². The Kier molecular flexibility index (Phi) is 4.86. The van der Waals surface area contributed by atoms with E-state index in [0.717, 1.165) is 13.1 Å². The van der Waals surface area contributed by atoms with Crippen molar-refractivity contribution in [2.75, 3.05) is 38.5 Å². The van der Waals surface area contributed by atoms with Gasteiger partial charge in [-0.3, -0.25) is 9.59 Å². The van der Waals surface area contributed by atoms with E-state index in [1.807, 2.05) is 7.05 Å².